The van der Waals surface area contributed by atoms with Crippen molar-refractivity contribution in [3.8, 4) is 0 Å². The summed E-state index contributed by atoms with van der Waals surface area (Å²) < 4.78 is 25.9. The van der Waals surface area contributed by atoms with Crippen LogP contribution in [0.1, 0.15) is 4.88 Å². The lowest BCUT2D eigenvalue weighted by Gasteiger charge is -2.03. The van der Waals surface area contributed by atoms with Gasteiger partial charge in [-0.3, -0.25) is 4.79 Å². The third kappa shape index (κ3) is 3.24. The lowest BCUT2D eigenvalue weighted by molar-refractivity contribution is -0.111. The molecule has 1 aromatic heterocycles. The largest absolute Gasteiger partial charge is 0.320 e. The molecule has 1 N–H and O–H groups in total. The molecule has 1 aromatic carbocycles. The van der Waals surface area contributed by atoms with E-state index in [1.807, 2.05) is 17.5 Å². The Labute approximate surface area is 107 Å². The lowest BCUT2D eigenvalue weighted by Crippen LogP contribution is -2.09. The maximum Gasteiger partial charge on any atom is 0.248 e. The summed E-state index contributed by atoms with van der Waals surface area (Å²) in [6, 6.07) is 6.70. The van der Waals surface area contributed by atoms with Crippen molar-refractivity contribution in [2.24, 2.45) is 0 Å². The Bertz CT molecular complexity index is 579. The summed E-state index contributed by atoms with van der Waals surface area (Å²) in [5.41, 5.74) is -0.0442. The van der Waals surface area contributed by atoms with E-state index in [0.29, 0.717) is 0 Å². The summed E-state index contributed by atoms with van der Waals surface area (Å²) in [4.78, 5) is 12.4. The van der Waals surface area contributed by atoms with Gasteiger partial charge in [0.15, 0.2) is 0 Å². The van der Waals surface area contributed by atoms with E-state index in [-0.39, 0.29) is 5.69 Å². The number of carbonyl (C=O) groups is 1. The summed E-state index contributed by atoms with van der Waals surface area (Å²) in [5.74, 6) is -1.94. The standard InChI is InChI=1S/C13H9F2NOS/c14-9-3-5-12(11(15)8-9)16-13(17)6-4-10-2-1-7-18-10/h1-8H,(H,16,17). The molecular formula is C13H9F2NOS. The van der Waals surface area contributed by atoms with Crippen molar-refractivity contribution in [2.75, 3.05) is 5.32 Å². The zero-order chi connectivity index (χ0) is 13.0. The van der Waals surface area contributed by atoms with Crippen LogP contribution in [0.5, 0.6) is 0 Å². The summed E-state index contributed by atoms with van der Waals surface area (Å²) in [6.45, 7) is 0. The molecule has 0 atom stereocenters. The SMILES string of the molecule is O=C(C=Cc1cccs1)Nc1ccc(F)cc1F. The van der Waals surface area contributed by atoms with Gasteiger partial charge in [-0.25, -0.2) is 8.78 Å². The van der Waals surface area contributed by atoms with Gasteiger partial charge in [0, 0.05) is 17.0 Å². The predicted octanol–water partition coefficient (Wildman–Crippen LogP) is 3.68. The molecule has 1 heterocycles. The van der Waals surface area contributed by atoms with Crippen LogP contribution in [0.25, 0.3) is 6.08 Å². The zero-order valence-corrected chi connectivity index (χ0v) is 10.0. The maximum absolute atomic E-state index is 13.2. The van der Waals surface area contributed by atoms with Gasteiger partial charge >= 0.3 is 0 Å². The number of halogens is 2. The van der Waals surface area contributed by atoms with Crippen LogP contribution in [-0.4, -0.2) is 5.91 Å². The molecule has 0 bridgehead atoms. The number of carbonyl (C=O) groups excluding carboxylic acids is 1. The highest BCUT2D eigenvalue weighted by Crippen LogP contribution is 2.15. The Kier molecular flexibility index (Phi) is 3.84. The number of hydrogen-bond donors (Lipinski definition) is 1. The molecule has 0 aliphatic heterocycles. The maximum atomic E-state index is 13.2. The molecule has 0 radical (unpaired) electrons. The highest BCUT2D eigenvalue weighted by Gasteiger charge is 2.05. The molecule has 1 amide bonds. The van der Waals surface area contributed by atoms with Crippen LogP contribution in [0.4, 0.5) is 14.5 Å². The monoisotopic (exact) mass is 265 g/mol. The van der Waals surface area contributed by atoms with Crippen LogP contribution in [0, 0.1) is 11.6 Å². The second kappa shape index (κ2) is 5.55. The van der Waals surface area contributed by atoms with E-state index in [1.54, 1.807) is 6.08 Å². The number of nitrogens with one attached hydrogen (secondary N) is 1. The van der Waals surface area contributed by atoms with Gasteiger partial charge in [-0.15, -0.1) is 11.3 Å². The van der Waals surface area contributed by atoms with Gasteiger partial charge in [0.05, 0.1) is 5.69 Å². The minimum atomic E-state index is -0.798. The van der Waals surface area contributed by atoms with Crippen molar-refractivity contribution in [3.05, 3.63) is 58.3 Å². The Hall–Kier alpha value is -2.01. The van der Waals surface area contributed by atoms with Gasteiger partial charge in [0.2, 0.25) is 5.91 Å². The molecule has 18 heavy (non-hydrogen) atoms. The normalized spacial score (nSPS) is 10.8. The van der Waals surface area contributed by atoms with Crippen molar-refractivity contribution < 1.29 is 13.6 Å². The third-order valence-corrected chi connectivity index (χ3v) is 2.97. The molecule has 0 aliphatic carbocycles. The smallest absolute Gasteiger partial charge is 0.248 e. The Morgan fingerprint density at radius 3 is 2.78 bits per heavy atom. The predicted molar refractivity (Wildman–Crippen MR) is 68.3 cm³/mol. The number of amides is 1. The van der Waals surface area contributed by atoms with Crippen molar-refractivity contribution in [1.29, 1.82) is 0 Å². The van der Waals surface area contributed by atoms with Crippen LogP contribution in [0.3, 0.4) is 0 Å². The fourth-order valence-electron chi connectivity index (χ4n) is 1.31. The quantitative estimate of drug-likeness (QED) is 0.843. The minimum absolute atomic E-state index is 0.0442. The second-order valence-electron chi connectivity index (χ2n) is 3.46. The van der Waals surface area contributed by atoms with Gasteiger partial charge in [0.25, 0.3) is 0 Å². The Morgan fingerprint density at radius 2 is 2.11 bits per heavy atom. The third-order valence-electron chi connectivity index (χ3n) is 2.13. The molecule has 0 aliphatic rings. The first-order chi connectivity index (χ1) is 8.65. The fourth-order valence-corrected chi connectivity index (χ4v) is 1.93. The van der Waals surface area contributed by atoms with Crippen LogP contribution in [-0.2, 0) is 4.79 Å². The lowest BCUT2D eigenvalue weighted by atomic mass is 10.3. The minimum Gasteiger partial charge on any atom is -0.320 e. The molecule has 0 unspecified atom stereocenters. The van der Waals surface area contributed by atoms with Crippen molar-refractivity contribution >= 4 is 29.0 Å². The van der Waals surface area contributed by atoms with Crippen molar-refractivity contribution in [1.82, 2.24) is 0 Å². The molecule has 2 aromatic rings. The van der Waals surface area contributed by atoms with E-state index < -0.39 is 17.5 Å². The van der Waals surface area contributed by atoms with Crippen LogP contribution in [0.15, 0.2) is 41.8 Å². The fraction of sp³-hybridized carbons (Fsp3) is 0. The first-order valence-corrected chi connectivity index (χ1v) is 6.01. The topological polar surface area (TPSA) is 29.1 Å². The summed E-state index contributed by atoms with van der Waals surface area (Å²) in [6.07, 6.45) is 2.93. The Morgan fingerprint density at radius 1 is 1.28 bits per heavy atom. The number of rotatable bonds is 3. The molecule has 0 saturated carbocycles. The molecule has 92 valence electrons. The molecular weight excluding hydrogens is 256 g/mol. The van der Waals surface area contributed by atoms with E-state index in [9.17, 15) is 13.6 Å². The van der Waals surface area contributed by atoms with Gasteiger partial charge in [-0.05, 0) is 29.7 Å². The second-order valence-corrected chi connectivity index (χ2v) is 4.44. The van der Waals surface area contributed by atoms with E-state index in [1.165, 1.54) is 23.5 Å². The van der Waals surface area contributed by atoms with E-state index in [2.05, 4.69) is 5.32 Å². The average Bonchev–Trinajstić information content (AvgIpc) is 2.83. The number of benzene rings is 1. The summed E-state index contributed by atoms with van der Waals surface area (Å²) in [5, 5.41) is 4.22. The van der Waals surface area contributed by atoms with E-state index in [4.69, 9.17) is 0 Å². The van der Waals surface area contributed by atoms with Crippen LogP contribution in [0.2, 0.25) is 0 Å². The summed E-state index contributed by atoms with van der Waals surface area (Å²) >= 11 is 1.49. The molecule has 0 saturated heterocycles. The van der Waals surface area contributed by atoms with Crippen molar-refractivity contribution in [3.63, 3.8) is 0 Å². The Balaban J connectivity index is 2.03. The average molecular weight is 265 g/mol. The van der Waals surface area contributed by atoms with E-state index >= 15 is 0 Å². The molecule has 0 spiro atoms. The molecule has 5 heteroatoms. The number of anilines is 1. The first kappa shape index (κ1) is 12.4. The van der Waals surface area contributed by atoms with Gasteiger partial charge < -0.3 is 5.32 Å². The van der Waals surface area contributed by atoms with Gasteiger partial charge in [-0.2, -0.15) is 0 Å². The van der Waals surface area contributed by atoms with Gasteiger partial charge in [0.1, 0.15) is 11.6 Å². The molecule has 0 fully saturated rings. The van der Waals surface area contributed by atoms with E-state index in [0.717, 1.165) is 17.0 Å². The number of hydrogen-bond acceptors (Lipinski definition) is 2. The molecule has 2 rings (SSSR count). The van der Waals surface area contributed by atoms with Crippen LogP contribution >= 0.6 is 11.3 Å². The highest BCUT2D eigenvalue weighted by atomic mass is 32.1. The molecule has 2 nitrogen and oxygen atoms in total. The highest BCUT2D eigenvalue weighted by molar-refractivity contribution is 7.10. The van der Waals surface area contributed by atoms with Crippen LogP contribution < -0.4 is 5.32 Å². The summed E-state index contributed by atoms with van der Waals surface area (Å²) in [7, 11) is 0. The van der Waals surface area contributed by atoms with Gasteiger partial charge in [-0.1, -0.05) is 6.07 Å². The zero-order valence-electron chi connectivity index (χ0n) is 9.19. The number of thiophene rings is 1. The van der Waals surface area contributed by atoms with Crippen molar-refractivity contribution in [2.45, 2.75) is 0 Å². The first-order valence-electron chi connectivity index (χ1n) is 5.13.